The van der Waals surface area contributed by atoms with Crippen LogP contribution in [0, 0.1) is 17.7 Å². The molecule has 0 atom stereocenters. The van der Waals surface area contributed by atoms with Crippen molar-refractivity contribution >= 4 is 29.0 Å². The highest BCUT2D eigenvalue weighted by molar-refractivity contribution is 6.05. The second-order valence-electron chi connectivity index (χ2n) is 6.95. The van der Waals surface area contributed by atoms with Gasteiger partial charge < -0.3 is 16.6 Å². The van der Waals surface area contributed by atoms with E-state index in [9.17, 15) is 0 Å². The molecule has 0 bridgehead atoms. The molecule has 4 nitrogen and oxygen atoms in total. The number of hydrogen-bond acceptors (Lipinski definition) is 4. The van der Waals surface area contributed by atoms with Gasteiger partial charge in [0.05, 0.1) is 11.2 Å². The number of rotatable bonds is 3. The van der Waals surface area contributed by atoms with E-state index in [1.165, 1.54) is 23.6 Å². The van der Waals surface area contributed by atoms with Gasteiger partial charge in [-0.3, -0.25) is 0 Å². The molecule has 3 aromatic rings. The van der Waals surface area contributed by atoms with E-state index < -0.39 is 0 Å². The van der Waals surface area contributed by atoms with Crippen LogP contribution in [-0.2, 0) is 12.8 Å². The molecule has 1 aliphatic rings. The third kappa shape index (κ3) is 2.49. The Labute approximate surface area is 153 Å². The minimum absolute atomic E-state index is 0.640. The molecule has 2 aromatic carbocycles. The molecule has 130 valence electrons. The molecule has 4 N–H and O–H groups in total. The average Bonchev–Trinajstić information content (AvgIpc) is 2.67. The van der Waals surface area contributed by atoms with E-state index >= 15 is 0 Å². The fraction of sp³-hybridized carbons (Fsp3) is 0.227. The van der Waals surface area contributed by atoms with Crippen molar-refractivity contribution in [1.29, 1.82) is 10.8 Å². The van der Waals surface area contributed by atoms with E-state index in [0.717, 1.165) is 64.5 Å². The molecule has 0 unspecified atom stereocenters. The van der Waals surface area contributed by atoms with Gasteiger partial charge in [-0.1, -0.05) is 12.1 Å². The fourth-order valence-corrected chi connectivity index (χ4v) is 4.04. The molecule has 0 aliphatic heterocycles. The second kappa shape index (κ2) is 6.37. The van der Waals surface area contributed by atoms with Crippen molar-refractivity contribution in [3.05, 3.63) is 58.1 Å². The number of nitrogens with one attached hydrogen (secondary N) is 2. The SMILES string of the molecule is Cc1cc(-c2nc3ccc(N)c(C=N)c3c3c2CCCC3)ccc1C=N. The minimum atomic E-state index is 0.640. The Balaban J connectivity index is 2.05. The Kier molecular flexibility index (Phi) is 4.03. The van der Waals surface area contributed by atoms with Gasteiger partial charge in [0.15, 0.2) is 0 Å². The number of fused-ring (bicyclic) bond motifs is 3. The summed E-state index contributed by atoms with van der Waals surface area (Å²) in [6.07, 6.45) is 7.07. The molecule has 4 rings (SSSR count). The van der Waals surface area contributed by atoms with Crippen LogP contribution in [-0.4, -0.2) is 17.4 Å². The van der Waals surface area contributed by atoms with Gasteiger partial charge in [-0.2, -0.15) is 0 Å². The molecule has 0 radical (unpaired) electrons. The van der Waals surface area contributed by atoms with Crippen LogP contribution in [0.25, 0.3) is 22.2 Å². The molecular formula is C22H22N4. The Hall–Kier alpha value is -3.01. The van der Waals surface area contributed by atoms with Crippen molar-refractivity contribution in [2.24, 2.45) is 0 Å². The summed E-state index contributed by atoms with van der Waals surface area (Å²) in [4.78, 5) is 4.99. The van der Waals surface area contributed by atoms with Crippen LogP contribution >= 0.6 is 0 Å². The average molecular weight is 342 g/mol. The zero-order valence-corrected chi connectivity index (χ0v) is 14.9. The van der Waals surface area contributed by atoms with Gasteiger partial charge >= 0.3 is 0 Å². The monoisotopic (exact) mass is 342 g/mol. The van der Waals surface area contributed by atoms with Crippen molar-refractivity contribution in [3.63, 3.8) is 0 Å². The molecule has 0 fully saturated rings. The molecule has 0 spiro atoms. The summed E-state index contributed by atoms with van der Waals surface area (Å²) in [5.41, 5.74) is 15.2. The maximum absolute atomic E-state index is 7.82. The minimum Gasteiger partial charge on any atom is -0.398 e. The fourth-order valence-electron chi connectivity index (χ4n) is 4.04. The highest BCUT2D eigenvalue weighted by atomic mass is 14.7. The third-order valence-corrected chi connectivity index (χ3v) is 5.39. The number of pyridine rings is 1. The van der Waals surface area contributed by atoms with Gasteiger partial charge in [0.25, 0.3) is 0 Å². The molecular weight excluding hydrogens is 320 g/mol. The van der Waals surface area contributed by atoms with Crippen LogP contribution in [0.2, 0.25) is 0 Å². The molecule has 26 heavy (non-hydrogen) atoms. The number of benzene rings is 2. The van der Waals surface area contributed by atoms with Gasteiger partial charge in [0.1, 0.15) is 0 Å². The quantitative estimate of drug-likeness (QED) is 0.477. The van der Waals surface area contributed by atoms with E-state index in [-0.39, 0.29) is 0 Å². The summed E-state index contributed by atoms with van der Waals surface area (Å²) in [5, 5.41) is 16.4. The Morgan fingerprint density at radius 3 is 2.46 bits per heavy atom. The van der Waals surface area contributed by atoms with Crippen molar-refractivity contribution in [2.75, 3.05) is 5.73 Å². The number of nitrogens with zero attached hydrogens (tertiary/aromatic N) is 1. The number of aromatic nitrogens is 1. The molecule has 1 heterocycles. The molecule has 4 heteroatoms. The Bertz CT molecular complexity index is 1050. The molecule has 1 aromatic heterocycles. The zero-order chi connectivity index (χ0) is 18.3. The summed E-state index contributed by atoms with van der Waals surface area (Å²) in [5.74, 6) is 0. The standard InChI is InChI=1S/C22H22N4/c1-13-10-14(6-7-15(13)11-23)22-17-5-3-2-4-16(17)21-18(12-24)19(25)8-9-20(21)26-22/h6-12,23-24H,2-5,25H2,1H3. The topological polar surface area (TPSA) is 86.6 Å². The van der Waals surface area contributed by atoms with Gasteiger partial charge in [0, 0.05) is 34.6 Å². The number of hydrogen-bond donors (Lipinski definition) is 3. The molecule has 0 saturated heterocycles. The second-order valence-corrected chi connectivity index (χ2v) is 6.95. The molecule has 0 amide bonds. The van der Waals surface area contributed by atoms with Crippen molar-refractivity contribution in [2.45, 2.75) is 32.6 Å². The first-order chi connectivity index (χ1) is 12.6. The van der Waals surface area contributed by atoms with E-state index in [1.54, 1.807) is 0 Å². The van der Waals surface area contributed by atoms with Crippen molar-refractivity contribution in [1.82, 2.24) is 4.98 Å². The Morgan fingerprint density at radius 2 is 1.77 bits per heavy atom. The predicted octanol–water partition coefficient (Wildman–Crippen LogP) is 4.67. The predicted molar refractivity (Wildman–Crippen MR) is 109 cm³/mol. The summed E-state index contributed by atoms with van der Waals surface area (Å²) >= 11 is 0. The van der Waals surface area contributed by atoms with Crippen LogP contribution in [0.5, 0.6) is 0 Å². The Morgan fingerprint density at radius 1 is 1.00 bits per heavy atom. The van der Waals surface area contributed by atoms with Crippen LogP contribution < -0.4 is 5.73 Å². The smallest absolute Gasteiger partial charge is 0.0744 e. The van der Waals surface area contributed by atoms with Gasteiger partial charge in [-0.25, -0.2) is 4.98 Å². The van der Waals surface area contributed by atoms with E-state index in [1.807, 2.05) is 25.1 Å². The lowest BCUT2D eigenvalue weighted by atomic mass is 9.84. The number of nitrogen functional groups attached to an aromatic ring is 1. The lowest BCUT2D eigenvalue weighted by Gasteiger charge is -2.23. The first-order valence-electron chi connectivity index (χ1n) is 9.00. The van der Waals surface area contributed by atoms with Crippen molar-refractivity contribution < 1.29 is 0 Å². The van der Waals surface area contributed by atoms with Crippen molar-refractivity contribution in [3.8, 4) is 11.3 Å². The number of aryl methyl sites for hydroxylation is 2. The van der Waals surface area contributed by atoms with Crippen LogP contribution in [0.3, 0.4) is 0 Å². The van der Waals surface area contributed by atoms with Gasteiger partial charge in [-0.15, -0.1) is 0 Å². The summed E-state index contributed by atoms with van der Waals surface area (Å²) in [6.45, 7) is 2.03. The maximum atomic E-state index is 7.82. The highest BCUT2D eigenvalue weighted by Gasteiger charge is 2.21. The van der Waals surface area contributed by atoms with E-state index in [0.29, 0.717) is 5.69 Å². The number of anilines is 1. The van der Waals surface area contributed by atoms with Gasteiger partial charge in [0.2, 0.25) is 0 Å². The normalized spacial score (nSPS) is 13.4. The molecule has 1 aliphatic carbocycles. The lowest BCUT2D eigenvalue weighted by Crippen LogP contribution is -2.10. The van der Waals surface area contributed by atoms with E-state index in [4.69, 9.17) is 21.5 Å². The largest absolute Gasteiger partial charge is 0.398 e. The summed E-state index contributed by atoms with van der Waals surface area (Å²) in [7, 11) is 0. The first-order valence-corrected chi connectivity index (χ1v) is 9.00. The summed E-state index contributed by atoms with van der Waals surface area (Å²) < 4.78 is 0. The first kappa shape index (κ1) is 16.5. The maximum Gasteiger partial charge on any atom is 0.0744 e. The lowest BCUT2D eigenvalue weighted by molar-refractivity contribution is 0.689. The highest BCUT2D eigenvalue weighted by Crippen LogP contribution is 2.37. The van der Waals surface area contributed by atoms with E-state index in [2.05, 4.69) is 12.1 Å². The van der Waals surface area contributed by atoms with Gasteiger partial charge in [-0.05, 0) is 73.1 Å². The number of nitrogens with two attached hydrogens (primary N) is 1. The summed E-state index contributed by atoms with van der Waals surface area (Å²) in [6, 6.07) is 9.99. The van der Waals surface area contributed by atoms with Crippen LogP contribution in [0.1, 0.15) is 40.7 Å². The third-order valence-electron chi connectivity index (χ3n) is 5.39. The van der Waals surface area contributed by atoms with Crippen LogP contribution in [0.15, 0.2) is 30.3 Å². The molecule has 0 saturated carbocycles. The zero-order valence-electron chi connectivity index (χ0n) is 14.9. The van der Waals surface area contributed by atoms with Crippen LogP contribution in [0.4, 0.5) is 5.69 Å².